The number of aromatic hydroxyl groups is 1. The summed E-state index contributed by atoms with van der Waals surface area (Å²) < 4.78 is 11.3. The Morgan fingerprint density at radius 1 is 1.50 bits per heavy atom. The zero-order valence-electron chi connectivity index (χ0n) is 8.75. The van der Waals surface area contributed by atoms with Crippen molar-refractivity contribution in [1.82, 2.24) is 0 Å². The van der Waals surface area contributed by atoms with Gasteiger partial charge in [0.15, 0.2) is 11.5 Å². The van der Waals surface area contributed by atoms with Gasteiger partial charge in [-0.3, -0.25) is 4.79 Å². The summed E-state index contributed by atoms with van der Waals surface area (Å²) in [6.07, 6.45) is 0.136. The standard InChI is InChI=1S/C11H11BrO4/c1-6(13)4-7-10(14)8(12)5-9-11(7)16-3-2-15-9/h5,14H,2-4H2,1H3. The second kappa shape index (κ2) is 4.33. The number of phenols is 1. The van der Waals surface area contributed by atoms with E-state index in [1.807, 2.05) is 0 Å². The maximum absolute atomic E-state index is 11.1. The zero-order chi connectivity index (χ0) is 11.7. The van der Waals surface area contributed by atoms with E-state index in [0.717, 1.165) is 0 Å². The Morgan fingerprint density at radius 3 is 2.88 bits per heavy atom. The summed E-state index contributed by atoms with van der Waals surface area (Å²) in [5.41, 5.74) is 0.483. The van der Waals surface area contributed by atoms with Crippen LogP contribution in [0.15, 0.2) is 10.5 Å². The number of hydrogen-bond acceptors (Lipinski definition) is 4. The molecule has 0 saturated carbocycles. The van der Waals surface area contributed by atoms with Crippen LogP contribution in [0, 0.1) is 0 Å². The fourth-order valence-electron chi connectivity index (χ4n) is 1.62. The number of ether oxygens (including phenoxy) is 2. The van der Waals surface area contributed by atoms with Gasteiger partial charge >= 0.3 is 0 Å². The highest BCUT2D eigenvalue weighted by Crippen LogP contribution is 2.43. The van der Waals surface area contributed by atoms with Gasteiger partial charge in [-0.25, -0.2) is 0 Å². The van der Waals surface area contributed by atoms with E-state index in [2.05, 4.69) is 15.9 Å². The van der Waals surface area contributed by atoms with Crippen LogP contribution in [0.25, 0.3) is 0 Å². The van der Waals surface area contributed by atoms with Crippen molar-refractivity contribution in [2.45, 2.75) is 13.3 Å². The van der Waals surface area contributed by atoms with Crippen molar-refractivity contribution < 1.29 is 19.4 Å². The van der Waals surface area contributed by atoms with Crippen molar-refractivity contribution in [1.29, 1.82) is 0 Å². The maximum atomic E-state index is 11.1. The molecule has 5 heteroatoms. The summed E-state index contributed by atoms with van der Waals surface area (Å²) in [5, 5.41) is 9.87. The minimum Gasteiger partial charge on any atom is -0.506 e. The van der Waals surface area contributed by atoms with Crippen LogP contribution in [0.1, 0.15) is 12.5 Å². The zero-order valence-corrected chi connectivity index (χ0v) is 10.3. The number of benzene rings is 1. The third kappa shape index (κ3) is 2.00. The van der Waals surface area contributed by atoms with Gasteiger partial charge in [-0.2, -0.15) is 0 Å². The van der Waals surface area contributed by atoms with Crippen molar-refractivity contribution in [3.05, 3.63) is 16.1 Å². The largest absolute Gasteiger partial charge is 0.506 e. The first-order valence-electron chi connectivity index (χ1n) is 4.89. The molecule has 0 radical (unpaired) electrons. The Labute approximate surface area is 101 Å². The van der Waals surface area contributed by atoms with Gasteiger partial charge in [-0.05, 0) is 22.9 Å². The number of carbonyl (C=O) groups excluding carboxylic acids is 1. The lowest BCUT2D eigenvalue weighted by molar-refractivity contribution is -0.116. The summed E-state index contributed by atoms with van der Waals surface area (Å²) >= 11 is 3.22. The molecule has 0 fully saturated rings. The van der Waals surface area contributed by atoms with Gasteiger partial charge in [0.05, 0.1) is 4.47 Å². The third-order valence-corrected chi connectivity index (χ3v) is 2.89. The first kappa shape index (κ1) is 11.3. The van der Waals surface area contributed by atoms with Crippen LogP contribution in [0.5, 0.6) is 17.2 Å². The molecule has 0 aliphatic carbocycles. The Hall–Kier alpha value is -1.23. The quantitative estimate of drug-likeness (QED) is 0.904. The van der Waals surface area contributed by atoms with E-state index in [1.165, 1.54) is 6.92 Å². The molecule has 0 aromatic heterocycles. The highest BCUT2D eigenvalue weighted by molar-refractivity contribution is 9.10. The lowest BCUT2D eigenvalue weighted by atomic mass is 10.1. The van der Waals surface area contributed by atoms with Crippen molar-refractivity contribution in [3.8, 4) is 17.2 Å². The van der Waals surface area contributed by atoms with Gasteiger partial charge < -0.3 is 14.6 Å². The summed E-state index contributed by atoms with van der Waals surface area (Å²) in [4.78, 5) is 11.1. The molecule has 4 nitrogen and oxygen atoms in total. The van der Waals surface area contributed by atoms with E-state index >= 15 is 0 Å². The molecule has 1 aromatic carbocycles. The molecule has 1 aromatic rings. The topological polar surface area (TPSA) is 55.8 Å². The van der Waals surface area contributed by atoms with E-state index < -0.39 is 0 Å². The minimum absolute atomic E-state index is 0.0372. The molecule has 2 rings (SSSR count). The molecule has 1 heterocycles. The SMILES string of the molecule is CC(=O)Cc1c(O)c(Br)cc2c1OCCO2. The Morgan fingerprint density at radius 2 is 2.19 bits per heavy atom. The van der Waals surface area contributed by atoms with Crippen LogP contribution in [0.2, 0.25) is 0 Å². The summed E-state index contributed by atoms with van der Waals surface area (Å²) in [6, 6.07) is 1.65. The molecule has 0 unspecified atom stereocenters. The molecular weight excluding hydrogens is 276 g/mol. The Kier molecular flexibility index (Phi) is 3.05. The van der Waals surface area contributed by atoms with E-state index in [4.69, 9.17) is 9.47 Å². The molecule has 0 amide bonds. The number of fused-ring (bicyclic) bond motifs is 1. The van der Waals surface area contributed by atoms with Gasteiger partial charge in [0.2, 0.25) is 0 Å². The van der Waals surface area contributed by atoms with Crippen molar-refractivity contribution in [3.63, 3.8) is 0 Å². The predicted molar refractivity (Wildman–Crippen MR) is 61.2 cm³/mol. The Balaban J connectivity index is 2.54. The fourth-order valence-corrected chi connectivity index (χ4v) is 2.07. The number of ketones is 1. The second-order valence-electron chi connectivity index (χ2n) is 3.59. The number of halogens is 1. The van der Waals surface area contributed by atoms with E-state index in [-0.39, 0.29) is 18.0 Å². The molecule has 0 bridgehead atoms. The highest BCUT2D eigenvalue weighted by Gasteiger charge is 2.22. The Bertz CT molecular complexity index is 442. The minimum atomic E-state index is -0.0372. The normalized spacial score (nSPS) is 13.6. The number of rotatable bonds is 2. The number of Topliss-reactive ketones (excluding diaryl/α,β-unsaturated/α-hetero) is 1. The predicted octanol–water partition coefficient (Wildman–Crippen LogP) is 2.06. The van der Waals surface area contributed by atoms with Gasteiger partial charge in [-0.15, -0.1) is 0 Å². The summed E-state index contributed by atoms with van der Waals surface area (Å²) in [5.74, 6) is 1.04. The van der Waals surface area contributed by atoms with Crippen LogP contribution >= 0.6 is 15.9 Å². The molecule has 0 saturated heterocycles. The summed E-state index contributed by atoms with van der Waals surface area (Å²) in [6.45, 7) is 2.37. The first-order valence-corrected chi connectivity index (χ1v) is 5.68. The van der Waals surface area contributed by atoms with Crippen LogP contribution in [-0.2, 0) is 11.2 Å². The van der Waals surface area contributed by atoms with Gasteiger partial charge in [-0.1, -0.05) is 0 Å². The molecule has 0 atom stereocenters. The highest BCUT2D eigenvalue weighted by atomic mass is 79.9. The van der Waals surface area contributed by atoms with Crippen molar-refractivity contribution >= 4 is 21.7 Å². The average molecular weight is 287 g/mol. The smallest absolute Gasteiger partial charge is 0.168 e. The molecule has 86 valence electrons. The molecule has 16 heavy (non-hydrogen) atoms. The lowest BCUT2D eigenvalue weighted by Crippen LogP contribution is -2.17. The first-order chi connectivity index (χ1) is 7.59. The van der Waals surface area contributed by atoms with Gasteiger partial charge in [0.1, 0.15) is 24.7 Å². The number of carbonyl (C=O) groups is 1. The lowest BCUT2D eigenvalue weighted by Gasteiger charge is -2.22. The van der Waals surface area contributed by atoms with Gasteiger partial charge in [0, 0.05) is 18.1 Å². The van der Waals surface area contributed by atoms with Crippen LogP contribution in [0.4, 0.5) is 0 Å². The molecule has 0 spiro atoms. The summed E-state index contributed by atoms with van der Waals surface area (Å²) in [7, 11) is 0. The van der Waals surface area contributed by atoms with Crippen molar-refractivity contribution in [2.75, 3.05) is 13.2 Å². The molecule has 1 aliphatic heterocycles. The van der Waals surface area contributed by atoms with Gasteiger partial charge in [0.25, 0.3) is 0 Å². The maximum Gasteiger partial charge on any atom is 0.168 e. The van der Waals surface area contributed by atoms with Crippen LogP contribution in [0.3, 0.4) is 0 Å². The molecule has 1 aliphatic rings. The average Bonchev–Trinajstić information content (AvgIpc) is 2.24. The van der Waals surface area contributed by atoms with Crippen LogP contribution < -0.4 is 9.47 Å². The monoisotopic (exact) mass is 286 g/mol. The van der Waals surface area contributed by atoms with E-state index in [0.29, 0.717) is 34.7 Å². The molecular formula is C11H11BrO4. The number of phenolic OH excluding ortho intramolecular Hbond substituents is 1. The number of hydrogen-bond donors (Lipinski definition) is 1. The fraction of sp³-hybridized carbons (Fsp3) is 0.364. The van der Waals surface area contributed by atoms with Crippen molar-refractivity contribution in [2.24, 2.45) is 0 Å². The van der Waals surface area contributed by atoms with E-state index in [1.54, 1.807) is 6.07 Å². The third-order valence-electron chi connectivity index (χ3n) is 2.28. The van der Waals surface area contributed by atoms with Crippen LogP contribution in [-0.4, -0.2) is 24.1 Å². The molecule has 1 N–H and O–H groups in total. The second-order valence-corrected chi connectivity index (χ2v) is 4.44. The van der Waals surface area contributed by atoms with E-state index in [9.17, 15) is 9.90 Å².